The van der Waals surface area contributed by atoms with E-state index in [2.05, 4.69) is 11.2 Å². The fourth-order valence-corrected chi connectivity index (χ4v) is 1.68. The summed E-state index contributed by atoms with van der Waals surface area (Å²) < 4.78 is 10.8. The standard InChI is InChI=1S/C14H17NO2/c1-3-9-17-14-11(10-15-12-7-8-12)5-4-6-13(14)16-2/h1,4-6,12,15H,7-10H2,2H3. The minimum Gasteiger partial charge on any atom is -0.493 e. The van der Waals surface area contributed by atoms with E-state index in [0.29, 0.717) is 6.04 Å². The Bertz CT molecular complexity index is 419. The van der Waals surface area contributed by atoms with Crippen LogP contribution in [0.5, 0.6) is 11.5 Å². The molecule has 0 bridgehead atoms. The van der Waals surface area contributed by atoms with Crippen LogP contribution in [0.2, 0.25) is 0 Å². The summed E-state index contributed by atoms with van der Waals surface area (Å²) in [4.78, 5) is 0. The Morgan fingerprint density at radius 1 is 1.47 bits per heavy atom. The van der Waals surface area contributed by atoms with Crippen LogP contribution in [0.3, 0.4) is 0 Å². The summed E-state index contributed by atoms with van der Waals surface area (Å²) in [5.74, 6) is 3.96. The van der Waals surface area contributed by atoms with E-state index in [4.69, 9.17) is 15.9 Å². The third-order valence-corrected chi connectivity index (χ3v) is 2.74. The molecule has 0 heterocycles. The third-order valence-electron chi connectivity index (χ3n) is 2.74. The quantitative estimate of drug-likeness (QED) is 0.759. The van der Waals surface area contributed by atoms with Gasteiger partial charge >= 0.3 is 0 Å². The molecule has 0 radical (unpaired) electrons. The molecular weight excluding hydrogens is 214 g/mol. The molecule has 1 fully saturated rings. The van der Waals surface area contributed by atoms with E-state index in [1.807, 2.05) is 18.2 Å². The Morgan fingerprint density at radius 3 is 2.94 bits per heavy atom. The van der Waals surface area contributed by atoms with E-state index in [1.165, 1.54) is 12.8 Å². The molecule has 3 heteroatoms. The first kappa shape index (κ1) is 11.8. The first-order chi connectivity index (χ1) is 8.35. The molecule has 2 rings (SSSR count). The largest absolute Gasteiger partial charge is 0.493 e. The van der Waals surface area contributed by atoms with Crippen LogP contribution in [0.15, 0.2) is 18.2 Å². The molecule has 0 aliphatic heterocycles. The number of rotatable bonds is 6. The predicted molar refractivity (Wildman–Crippen MR) is 67.2 cm³/mol. The van der Waals surface area contributed by atoms with Gasteiger partial charge in [0, 0.05) is 18.2 Å². The maximum atomic E-state index is 5.56. The average molecular weight is 231 g/mol. The van der Waals surface area contributed by atoms with Gasteiger partial charge in [-0.2, -0.15) is 0 Å². The molecule has 1 aromatic carbocycles. The van der Waals surface area contributed by atoms with Gasteiger partial charge in [0.15, 0.2) is 11.5 Å². The minimum atomic E-state index is 0.261. The molecule has 1 aliphatic rings. The van der Waals surface area contributed by atoms with Crippen LogP contribution < -0.4 is 14.8 Å². The van der Waals surface area contributed by atoms with Crippen molar-refractivity contribution >= 4 is 0 Å². The Kier molecular flexibility index (Phi) is 3.89. The second kappa shape index (κ2) is 5.60. The van der Waals surface area contributed by atoms with E-state index in [1.54, 1.807) is 7.11 Å². The zero-order chi connectivity index (χ0) is 12.1. The van der Waals surface area contributed by atoms with Gasteiger partial charge in [0.2, 0.25) is 0 Å². The molecule has 0 aromatic heterocycles. The van der Waals surface area contributed by atoms with Crippen molar-refractivity contribution in [2.75, 3.05) is 13.7 Å². The third kappa shape index (κ3) is 3.15. The van der Waals surface area contributed by atoms with Crippen LogP contribution in [0.25, 0.3) is 0 Å². The molecule has 1 aliphatic carbocycles. The second-order valence-electron chi connectivity index (χ2n) is 4.10. The number of methoxy groups -OCH3 is 1. The van der Waals surface area contributed by atoms with Crippen LogP contribution in [-0.4, -0.2) is 19.8 Å². The molecule has 0 atom stereocenters. The van der Waals surface area contributed by atoms with Gasteiger partial charge in [0.25, 0.3) is 0 Å². The van der Waals surface area contributed by atoms with Crippen molar-refractivity contribution in [1.29, 1.82) is 0 Å². The fraction of sp³-hybridized carbons (Fsp3) is 0.429. The molecule has 1 aromatic rings. The highest BCUT2D eigenvalue weighted by molar-refractivity contribution is 5.46. The van der Waals surface area contributed by atoms with Gasteiger partial charge in [-0.25, -0.2) is 0 Å². The average Bonchev–Trinajstić information content (AvgIpc) is 3.18. The first-order valence-electron chi connectivity index (χ1n) is 5.80. The summed E-state index contributed by atoms with van der Waals surface area (Å²) in [6.07, 6.45) is 7.76. The number of hydrogen-bond donors (Lipinski definition) is 1. The van der Waals surface area contributed by atoms with Crippen LogP contribution >= 0.6 is 0 Å². The van der Waals surface area contributed by atoms with Crippen LogP contribution in [0.1, 0.15) is 18.4 Å². The lowest BCUT2D eigenvalue weighted by molar-refractivity contribution is 0.326. The van der Waals surface area contributed by atoms with Gasteiger partial charge in [0.1, 0.15) is 6.61 Å². The van der Waals surface area contributed by atoms with Crippen LogP contribution in [0.4, 0.5) is 0 Å². The fourth-order valence-electron chi connectivity index (χ4n) is 1.68. The van der Waals surface area contributed by atoms with Gasteiger partial charge in [0.05, 0.1) is 7.11 Å². The Balaban J connectivity index is 2.12. The van der Waals surface area contributed by atoms with E-state index in [-0.39, 0.29) is 6.61 Å². The maximum absolute atomic E-state index is 5.56. The number of hydrogen-bond acceptors (Lipinski definition) is 3. The van der Waals surface area contributed by atoms with Crippen molar-refractivity contribution in [3.05, 3.63) is 23.8 Å². The van der Waals surface area contributed by atoms with E-state index >= 15 is 0 Å². The summed E-state index contributed by atoms with van der Waals surface area (Å²) >= 11 is 0. The van der Waals surface area contributed by atoms with Gasteiger partial charge in [-0.15, -0.1) is 6.42 Å². The van der Waals surface area contributed by atoms with Crippen molar-refractivity contribution in [3.8, 4) is 23.8 Å². The molecule has 0 unspecified atom stereocenters. The summed E-state index contributed by atoms with van der Waals surface area (Å²) in [6.45, 7) is 1.05. The van der Waals surface area contributed by atoms with Crippen molar-refractivity contribution in [1.82, 2.24) is 5.32 Å². The number of para-hydroxylation sites is 1. The van der Waals surface area contributed by atoms with Crippen molar-refractivity contribution in [3.63, 3.8) is 0 Å². The van der Waals surface area contributed by atoms with Crippen LogP contribution in [0, 0.1) is 12.3 Å². The maximum Gasteiger partial charge on any atom is 0.167 e. The lowest BCUT2D eigenvalue weighted by atomic mass is 10.2. The number of benzene rings is 1. The molecule has 1 N–H and O–H groups in total. The summed E-state index contributed by atoms with van der Waals surface area (Å²) in [5.41, 5.74) is 1.09. The van der Waals surface area contributed by atoms with Crippen molar-refractivity contribution < 1.29 is 9.47 Å². The smallest absolute Gasteiger partial charge is 0.167 e. The lowest BCUT2D eigenvalue weighted by Gasteiger charge is -2.14. The summed E-state index contributed by atoms with van der Waals surface area (Å²) in [5, 5.41) is 3.45. The molecule has 0 amide bonds. The minimum absolute atomic E-state index is 0.261. The van der Waals surface area contributed by atoms with Crippen molar-refractivity contribution in [2.45, 2.75) is 25.4 Å². The highest BCUT2D eigenvalue weighted by atomic mass is 16.5. The Labute approximate surface area is 102 Å². The Hall–Kier alpha value is -1.66. The monoisotopic (exact) mass is 231 g/mol. The first-order valence-corrected chi connectivity index (χ1v) is 5.80. The topological polar surface area (TPSA) is 30.5 Å². The molecule has 0 spiro atoms. The number of terminal acetylenes is 1. The SMILES string of the molecule is C#CCOc1c(CNC2CC2)cccc1OC. The highest BCUT2D eigenvalue weighted by Crippen LogP contribution is 2.31. The zero-order valence-electron chi connectivity index (χ0n) is 10.0. The van der Waals surface area contributed by atoms with Gasteiger partial charge in [-0.1, -0.05) is 18.1 Å². The molecule has 17 heavy (non-hydrogen) atoms. The van der Waals surface area contributed by atoms with Crippen molar-refractivity contribution in [2.24, 2.45) is 0 Å². The second-order valence-corrected chi connectivity index (χ2v) is 4.10. The van der Waals surface area contributed by atoms with E-state index in [9.17, 15) is 0 Å². The molecular formula is C14H17NO2. The van der Waals surface area contributed by atoms with E-state index < -0.39 is 0 Å². The summed E-state index contributed by atoms with van der Waals surface area (Å²) in [7, 11) is 1.64. The summed E-state index contributed by atoms with van der Waals surface area (Å²) in [6, 6.07) is 6.54. The molecule has 90 valence electrons. The predicted octanol–water partition coefficient (Wildman–Crippen LogP) is 1.96. The highest BCUT2D eigenvalue weighted by Gasteiger charge is 2.21. The van der Waals surface area contributed by atoms with E-state index in [0.717, 1.165) is 23.6 Å². The zero-order valence-corrected chi connectivity index (χ0v) is 10.0. The van der Waals surface area contributed by atoms with Crippen LogP contribution in [-0.2, 0) is 6.54 Å². The normalized spacial score (nSPS) is 14.1. The molecule has 0 saturated heterocycles. The molecule has 1 saturated carbocycles. The van der Waals surface area contributed by atoms with Gasteiger partial charge < -0.3 is 14.8 Å². The number of ether oxygens (including phenoxy) is 2. The van der Waals surface area contributed by atoms with Gasteiger partial charge in [-0.05, 0) is 18.9 Å². The number of nitrogens with one attached hydrogen (secondary N) is 1. The molecule has 3 nitrogen and oxygen atoms in total. The Morgan fingerprint density at radius 2 is 2.29 bits per heavy atom. The van der Waals surface area contributed by atoms with Gasteiger partial charge in [-0.3, -0.25) is 0 Å². The lowest BCUT2D eigenvalue weighted by Crippen LogP contribution is -2.16.